The van der Waals surface area contributed by atoms with Gasteiger partial charge in [-0.25, -0.2) is 0 Å². The van der Waals surface area contributed by atoms with E-state index in [9.17, 15) is 5.11 Å². The highest BCUT2D eigenvalue weighted by atomic mass is 35.5. The first kappa shape index (κ1) is 22.2. The van der Waals surface area contributed by atoms with Gasteiger partial charge < -0.3 is 16.6 Å². The Hall–Kier alpha value is -0.770. The molecule has 0 aliphatic rings. The van der Waals surface area contributed by atoms with Gasteiger partial charge in [0.1, 0.15) is 5.75 Å². The fraction of sp³-hybridized carbons (Fsp3) is 0.684. The molecular weight excluding hydrogens is 308 g/mol. The van der Waals surface area contributed by atoms with Crippen LogP contribution in [0.3, 0.4) is 0 Å². The third kappa shape index (κ3) is 5.98. The average molecular weight is 343 g/mol. The number of rotatable bonds is 5. The number of unbranched alkanes of at least 4 members (excludes halogenated alkanes) is 1. The molecule has 0 radical (unpaired) electrons. The maximum atomic E-state index is 10.7. The van der Waals surface area contributed by atoms with Crippen LogP contribution < -0.4 is 11.5 Å². The summed E-state index contributed by atoms with van der Waals surface area (Å²) in [6, 6.07) is 4.07. The van der Waals surface area contributed by atoms with E-state index in [2.05, 4.69) is 53.7 Å². The van der Waals surface area contributed by atoms with Crippen molar-refractivity contribution in [2.45, 2.75) is 77.7 Å². The minimum absolute atomic E-state index is 0. The molecule has 0 bridgehead atoms. The van der Waals surface area contributed by atoms with Crippen molar-refractivity contribution in [2.75, 3.05) is 6.54 Å². The van der Waals surface area contributed by atoms with Crippen LogP contribution in [0.4, 0.5) is 0 Å². The van der Waals surface area contributed by atoms with Crippen LogP contribution in [-0.4, -0.2) is 11.7 Å². The zero-order valence-electron chi connectivity index (χ0n) is 15.6. The summed E-state index contributed by atoms with van der Waals surface area (Å²) in [5.74, 6) is 0.362. The van der Waals surface area contributed by atoms with Crippen molar-refractivity contribution in [1.29, 1.82) is 0 Å². The standard InChI is InChI=1S/C19H34N2O.ClH/c1-18(2,3)13-11-14(16(21)9-7-8-10-20)17(22)15(12-13)19(4,5)6;/h11-12,16,22H,7-10,20-21H2,1-6H3;1H/t16-;/m0./s1. The molecule has 1 aromatic carbocycles. The van der Waals surface area contributed by atoms with Crippen molar-refractivity contribution in [3.8, 4) is 5.75 Å². The highest BCUT2D eigenvalue weighted by Gasteiger charge is 2.26. The van der Waals surface area contributed by atoms with Crippen LogP contribution in [0.2, 0.25) is 0 Å². The van der Waals surface area contributed by atoms with Crippen molar-refractivity contribution in [3.63, 3.8) is 0 Å². The summed E-state index contributed by atoms with van der Waals surface area (Å²) in [6.45, 7) is 13.6. The topological polar surface area (TPSA) is 72.3 Å². The van der Waals surface area contributed by atoms with Crippen molar-refractivity contribution in [3.05, 3.63) is 28.8 Å². The van der Waals surface area contributed by atoms with E-state index < -0.39 is 0 Å². The molecule has 0 aromatic heterocycles. The summed E-state index contributed by atoms with van der Waals surface area (Å²) in [6.07, 6.45) is 2.81. The summed E-state index contributed by atoms with van der Waals surface area (Å²) in [4.78, 5) is 0. The molecule has 1 rings (SSSR count). The maximum absolute atomic E-state index is 10.7. The zero-order valence-corrected chi connectivity index (χ0v) is 16.4. The molecule has 23 heavy (non-hydrogen) atoms. The van der Waals surface area contributed by atoms with Gasteiger partial charge in [-0.05, 0) is 47.4 Å². The Morgan fingerprint density at radius 1 is 1.00 bits per heavy atom. The van der Waals surface area contributed by atoms with E-state index >= 15 is 0 Å². The van der Waals surface area contributed by atoms with Gasteiger partial charge in [-0.1, -0.05) is 54.0 Å². The van der Waals surface area contributed by atoms with E-state index in [1.807, 2.05) is 0 Å². The second-order valence-electron chi connectivity index (χ2n) is 8.35. The van der Waals surface area contributed by atoms with Gasteiger partial charge in [0.2, 0.25) is 0 Å². The lowest BCUT2D eigenvalue weighted by Gasteiger charge is -2.29. The van der Waals surface area contributed by atoms with Gasteiger partial charge in [-0.15, -0.1) is 12.4 Å². The second kappa shape index (κ2) is 8.36. The number of phenols is 1. The Kier molecular flexibility index (Phi) is 8.08. The minimum atomic E-state index is -0.144. The van der Waals surface area contributed by atoms with E-state index in [1.54, 1.807) is 0 Å². The first-order valence-electron chi connectivity index (χ1n) is 8.32. The molecule has 0 saturated carbocycles. The second-order valence-corrected chi connectivity index (χ2v) is 8.35. The van der Waals surface area contributed by atoms with Gasteiger partial charge in [0.15, 0.2) is 0 Å². The molecule has 0 fully saturated rings. The van der Waals surface area contributed by atoms with E-state index in [0.29, 0.717) is 12.3 Å². The van der Waals surface area contributed by atoms with E-state index in [0.717, 1.165) is 30.4 Å². The molecule has 1 aromatic rings. The van der Waals surface area contributed by atoms with Gasteiger partial charge in [-0.3, -0.25) is 0 Å². The molecule has 4 heteroatoms. The fourth-order valence-corrected chi connectivity index (χ4v) is 2.61. The van der Waals surface area contributed by atoms with Crippen LogP contribution in [0.15, 0.2) is 12.1 Å². The molecular formula is C19H35ClN2O. The number of hydrogen-bond donors (Lipinski definition) is 3. The van der Waals surface area contributed by atoms with Crippen LogP contribution in [-0.2, 0) is 10.8 Å². The molecule has 134 valence electrons. The molecule has 0 aliphatic carbocycles. The number of nitrogens with two attached hydrogens (primary N) is 2. The largest absolute Gasteiger partial charge is 0.507 e. The number of aromatic hydroxyl groups is 1. The van der Waals surface area contributed by atoms with Gasteiger partial charge in [0.25, 0.3) is 0 Å². The Bertz CT molecular complexity index is 501. The molecule has 0 unspecified atom stereocenters. The number of hydrogen-bond acceptors (Lipinski definition) is 3. The highest BCUT2D eigenvalue weighted by Crippen LogP contribution is 2.40. The number of benzene rings is 1. The van der Waals surface area contributed by atoms with Crippen LogP contribution in [0, 0.1) is 0 Å². The predicted molar refractivity (Wildman–Crippen MR) is 103 cm³/mol. The molecule has 0 amide bonds. The van der Waals surface area contributed by atoms with Crippen molar-refractivity contribution < 1.29 is 5.11 Å². The highest BCUT2D eigenvalue weighted by molar-refractivity contribution is 5.85. The normalized spacial score (nSPS) is 13.6. The Balaban J connectivity index is 0.00000484. The summed E-state index contributed by atoms with van der Waals surface area (Å²) >= 11 is 0. The summed E-state index contributed by atoms with van der Waals surface area (Å²) in [5.41, 5.74) is 14.9. The number of halogens is 1. The Morgan fingerprint density at radius 3 is 2.00 bits per heavy atom. The van der Waals surface area contributed by atoms with Gasteiger partial charge >= 0.3 is 0 Å². The van der Waals surface area contributed by atoms with Crippen LogP contribution in [0.5, 0.6) is 5.75 Å². The predicted octanol–water partition coefficient (Wildman–Crippen LogP) is 4.54. The first-order chi connectivity index (χ1) is 9.98. The Labute approximate surface area is 148 Å². The quantitative estimate of drug-likeness (QED) is 0.688. The molecule has 0 aliphatic heterocycles. The summed E-state index contributed by atoms with van der Waals surface area (Å²) in [5, 5.41) is 10.7. The maximum Gasteiger partial charge on any atom is 0.124 e. The van der Waals surface area contributed by atoms with Crippen LogP contribution in [0.25, 0.3) is 0 Å². The molecule has 5 N–H and O–H groups in total. The first-order valence-corrected chi connectivity index (χ1v) is 8.32. The number of phenolic OH excluding ortho intramolecular Hbond substituents is 1. The van der Waals surface area contributed by atoms with E-state index in [1.165, 1.54) is 5.56 Å². The van der Waals surface area contributed by atoms with Gasteiger partial charge in [0, 0.05) is 11.6 Å². The van der Waals surface area contributed by atoms with Crippen LogP contribution in [0.1, 0.15) is 83.5 Å². The Morgan fingerprint density at radius 2 is 1.57 bits per heavy atom. The summed E-state index contributed by atoms with van der Waals surface area (Å²) < 4.78 is 0. The average Bonchev–Trinajstić information content (AvgIpc) is 2.36. The molecule has 3 nitrogen and oxygen atoms in total. The van der Waals surface area contributed by atoms with Crippen molar-refractivity contribution in [2.24, 2.45) is 11.5 Å². The smallest absolute Gasteiger partial charge is 0.124 e. The van der Waals surface area contributed by atoms with Crippen molar-refractivity contribution >= 4 is 12.4 Å². The molecule has 0 spiro atoms. The third-order valence-electron chi connectivity index (χ3n) is 4.18. The van der Waals surface area contributed by atoms with Crippen LogP contribution >= 0.6 is 12.4 Å². The molecule has 1 atom stereocenters. The summed E-state index contributed by atoms with van der Waals surface area (Å²) in [7, 11) is 0. The fourth-order valence-electron chi connectivity index (χ4n) is 2.61. The van der Waals surface area contributed by atoms with Gasteiger partial charge in [0.05, 0.1) is 0 Å². The monoisotopic (exact) mass is 342 g/mol. The lowest BCUT2D eigenvalue weighted by atomic mass is 9.78. The van der Waals surface area contributed by atoms with Gasteiger partial charge in [-0.2, -0.15) is 0 Å². The molecule has 0 saturated heterocycles. The zero-order chi connectivity index (χ0) is 17.1. The SMILES string of the molecule is CC(C)(C)c1cc([C@@H](N)CCCCN)c(O)c(C(C)(C)C)c1.Cl. The lowest BCUT2D eigenvalue weighted by molar-refractivity contribution is 0.428. The third-order valence-corrected chi connectivity index (χ3v) is 4.18. The van der Waals surface area contributed by atoms with E-state index in [4.69, 9.17) is 11.5 Å². The van der Waals surface area contributed by atoms with Crippen molar-refractivity contribution in [1.82, 2.24) is 0 Å². The minimum Gasteiger partial charge on any atom is -0.507 e. The molecule has 0 heterocycles. The lowest BCUT2D eigenvalue weighted by Crippen LogP contribution is -2.20. The van der Waals surface area contributed by atoms with E-state index in [-0.39, 0.29) is 29.3 Å².